The summed E-state index contributed by atoms with van der Waals surface area (Å²) >= 11 is 5.66. The number of hydrogen-bond acceptors (Lipinski definition) is 3. The lowest BCUT2D eigenvalue weighted by molar-refractivity contribution is -0.111. The fourth-order valence-corrected chi connectivity index (χ4v) is 3.65. The highest BCUT2D eigenvalue weighted by Gasteiger charge is 2.27. The van der Waals surface area contributed by atoms with Crippen LogP contribution in [-0.2, 0) is 14.8 Å². The quantitative estimate of drug-likeness (QED) is 0.735. The summed E-state index contributed by atoms with van der Waals surface area (Å²) in [6, 6.07) is 10.1. The maximum Gasteiger partial charge on any atom is 0.248 e. The molecule has 0 aromatic heterocycles. The number of hydrogen-bond donors (Lipinski definition) is 2. The molecule has 0 atom stereocenters. The Kier molecular flexibility index (Phi) is 5.41. The minimum absolute atomic E-state index is 0.0247. The average molecular weight is 395 g/mol. The molecule has 1 aliphatic carbocycles. The van der Waals surface area contributed by atoms with Gasteiger partial charge in [0.2, 0.25) is 15.9 Å². The molecule has 0 bridgehead atoms. The third-order valence-electron chi connectivity index (χ3n) is 3.71. The van der Waals surface area contributed by atoms with Crippen molar-refractivity contribution in [2.24, 2.45) is 0 Å². The van der Waals surface area contributed by atoms with Crippen LogP contribution in [-0.4, -0.2) is 20.4 Å². The molecule has 1 fully saturated rings. The maximum absolute atomic E-state index is 13.6. The first-order chi connectivity index (χ1) is 12.3. The third kappa shape index (κ3) is 4.91. The average Bonchev–Trinajstić information content (AvgIpc) is 3.39. The number of halogens is 2. The topological polar surface area (TPSA) is 75.3 Å². The van der Waals surface area contributed by atoms with Crippen LogP contribution in [0, 0.1) is 5.82 Å². The third-order valence-corrected chi connectivity index (χ3v) is 5.48. The number of sulfonamides is 1. The number of carbonyl (C=O) groups excluding carboxylic acids is 1. The number of amides is 1. The lowest BCUT2D eigenvalue weighted by atomic mass is 10.2. The van der Waals surface area contributed by atoms with E-state index in [9.17, 15) is 17.6 Å². The fourth-order valence-electron chi connectivity index (χ4n) is 2.18. The second-order valence-corrected chi connectivity index (χ2v) is 8.06. The van der Waals surface area contributed by atoms with Crippen molar-refractivity contribution < 1.29 is 17.6 Å². The van der Waals surface area contributed by atoms with Crippen LogP contribution in [0.15, 0.2) is 53.4 Å². The summed E-state index contributed by atoms with van der Waals surface area (Å²) < 4.78 is 40.4. The first-order valence-electron chi connectivity index (χ1n) is 7.90. The number of nitrogens with one attached hydrogen (secondary N) is 2. The van der Waals surface area contributed by atoms with Crippen molar-refractivity contribution in [3.63, 3.8) is 0 Å². The first-order valence-corrected chi connectivity index (χ1v) is 9.76. The SMILES string of the molecule is O=C(C=Cc1ccc(S(=O)(=O)NC2CC2)cc1)Nc1ccc(Cl)cc1F. The second-order valence-electron chi connectivity index (χ2n) is 5.91. The standard InChI is InChI=1S/C18H16ClFN2O3S/c19-13-4-9-17(16(20)11-13)21-18(23)10-3-12-1-7-15(8-2-12)26(24,25)22-14-5-6-14/h1-4,7-11,14,22H,5-6H2,(H,21,23). The Balaban J connectivity index is 1.63. The predicted molar refractivity (Wildman–Crippen MR) is 98.9 cm³/mol. The van der Waals surface area contributed by atoms with E-state index in [0.29, 0.717) is 5.56 Å². The number of anilines is 1. The number of carbonyl (C=O) groups is 1. The summed E-state index contributed by atoms with van der Waals surface area (Å²) in [4.78, 5) is 12.0. The van der Waals surface area contributed by atoms with Gasteiger partial charge in [0, 0.05) is 17.1 Å². The van der Waals surface area contributed by atoms with Crippen LogP contribution < -0.4 is 10.0 Å². The minimum Gasteiger partial charge on any atom is -0.320 e. The molecule has 0 heterocycles. The summed E-state index contributed by atoms with van der Waals surface area (Å²) in [7, 11) is -3.50. The molecule has 1 saturated carbocycles. The highest BCUT2D eigenvalue weighted by atomic mass is 35.5. The van der Waals surface area contributed by atoms with Gasteiger partial charge in [0.1, 0.15) is 5.82 Å². The van der Waals surface area contributed by atoms with E-state index in [0.717, 1.165) is 18.9 Å². The van der Waals surface area contributed by atoms with Crippen molar-refractivity contribution in [3.8, 4) is 0 Å². The van der Waals surface area contributed by atoms with Crippen molar-refractivity contribution in [1.82, 2.24) is 4.72 Å². The minimum atomic E-state index is -3.50. The molecule has 3 rings (SSSR count). The number of benzene rings is 2. The highest BCUT2D eigenvalue weighted by molar-refractivity contribution is 7.89. The highest BCUT2D eigenvalue weighted by Crippen LogP contribution is 2.22. The molecule has 26 heavy (non-hydrogen) atoms. The van der Waals surface area contributed by atoms with Gasteiger partial charge < -0.3 is 5.32 Å². The lowest BCUT2D eigenvalue weighted by Crippen LogP contribution is -2.25. The van der Waals surface area contributed by atoms with Gasteiger partial charge in [0.05, 0.1) is 10.6 Å². The zero-order chi connectivity index (χ0) is 18.7. The Bertz CT molecular complexity index is 955. The summed E-state index contributed by atoms with van der Waals surface area (Å²) in [5, 5.41) is 2.64. The van der Waals surface area contributed by atoms with Crippen molar-refractivity contribution in [1.29, 1.82) is 0 Å². The Morgan fingerprint density at radius 2 is 1.85 bits per heavy atom. The van der Waals surface area contributed by atoms with Gasteiger partial charge in [0.25, 0.3) is 0 Å². The molecule has 0 radical (unpaired) electrons. The summed E-state index contributed by atoms with van der Waals surface area (Å²) in [5.74, 6) is -1.14. The van der Waals surface area contributed by atoms with E-state index >= 15 is 0 Å². The summed E-state index contributed by atoms with van der Waals surface area (Å²) in [6.07, 6.45) is 4.47. The van der Waals surface area contributed by atoms with E-state index in [-0.39, 0.29) is 21.6 Å². The van der Waals surface area contributed by atoms with Gasteiger partial charge in [-0.15, -0.1) is 0 Å². The largest absolute Gasteiger partial charge is 0.320 e. The van der Waals surface area contributed by atoms with E-state index in [1.807, 2.05) is 0 Å². The summed E-state index contributed by atoms with van der Waals surface area (Å²) in [5.41, 5.74) is 0.666. The zero-order valence-corrected chi connectivity index (χ0v) is 15.1. The van der Waals surface area contributed by atoms with E-state index in [4.69, 9.17) is 11.6 Å². The van der Waals surface area contributed by atoms with E-state index < -0.39 is 21.7 Å². The van der Waals surface area contributed by atoms with Crippen LogP contribution in [0.5, 0.6) is 0 Å². The molecule has 1 aliphatic rings. The smallest absolute Gasteiger partial charge is 0.248 e. The fraction of sp³-hybridized carbons (Fsp3) is 0.167. The van der Waals surface area contributed by atoms with E-state index in [2.05, 4.69) is 10.0 Å². The second kappa shape index (κ2) is 7.57. The van der Waals surface area contributed by atoms with Crippen molar-refractivity contribution in [3.05, 3.63) is 64.9 Å². The first kappa shape index (κ1) is 18.6. The van der Waals surface area contributed by atoms with Crippen LogP contribution in [0.2, 0.25) is 5.02 Å². The molecule has 0 unspecified atom stereocenters. The molecular formula is C18H16ClFN2O3S. The normalized spacial score (nSPS) is 14.5. The van der Waals surface area contributed by atoms with Crippen LogP contribution in [0.25, 0.3) is 6.08 Å². The van der Waals surface area contributed by atoms with Crippen molar-refractivity contribution >= 4 is 39.3 Å². The molecule has 2 N–H and O–H groups in total. The monoisotopic (exact) mass is 394 g/mol. The van der Waals surface area contributed by atoms with Gasteiger partial charge in [-0.05, 0) is 54.8 Å². The zero-order valence-electron chi connectivity index (χ0n) is 13.6. The molecule has 1 amide bonds. The van der Waals surface area contributed by atoms with Crippen LogP contribution in [0.1, 0.15) is 18.4 Å². The molecule has 0 saturated heterocycles. The van der Waals surface area contributed by atoms with Gasteiger partial charge in [-0.25, -0.2) is 17.5 Å². The molecule has 136 valence electrons. The maximum atomic E-state index is 13.6. The predicted octanol–water partition coefficient (Wildman–Crippen LogP) is 3.57. The Morgan fingerprint density at radius 1 is 1.15 bits per heavy atom. The molecule has 0 spiro atoms. The number of rotatable bonds is 6. The molecule has 8 heteroatoms. The van der Waals surface area contributed by atoms with E-state index in [1.54, 1.807) is 12.1 Å². The van der Waals surface area contributed by atoms with Crippen molar-refractivity contribution in [2.45, 2.75) is 23.8 Å². The molecule has 2 aromatic rings. The molecular weight excluding hydrogens is 379 g/mol. The Morgan fingerprint density at radius 3 is 2.46 bits per heavy atom. The molecule has 2 aromatic carbocycles. The Labute approximate surface area is 155 Å². The summed E-state index contributed by atoms with van der Waals surface area (Å²) in [6.45, 7) is 0. The van der Waals surface area contributed by atoms with Crippen LogP contribution in [0.4, 0.5) is 10.1 Å². The van der Waals surface area contributed by atoms with E-state index in [1.165, 1.54) is 36.4 Å². The van der Waals surface area contributed by atoms with Gasteiger partial charge in [-0.2, -0.15) is 0 Å². The lowest BCUT2D eigenvalue weighted by Gasteiger charge is -2.05. The molecule has 0 aliphatic heterocycles. The van der Waals surface area contributed by atoms with Gasteiger partial charge >= 0.3 is 0 Å². The molecule has 5 nitrogen and oxygen atoms in total. The Hall–Kier alpha value is -2.22. The van der Waals surface area contributed by atoms with Crippen LogP contribution >= 0.6 is 11.6 Å². The van der Waals surface area contributed by atoms with Crippen molar-refractivity contribution in [2.75, 3.05) is 5.32 Å². The van der Waals surface area contributed by atoms with Gasteiger partial charge in [-0.1, -0.05) is 23.7 Å². The van der Waals surface area contributed by atoms with Gasteiger partial charge in [0.15, 0.2) is 0 Å². The van der Waals surface area contributed by atoms with Crippen LogP contribution in [0.3, 0.4) is 0 Å². The van der Waals surface area contributed by atoms with Gasteiger partial charge in [-0.3, -0.25) is 4.79 Å².